The van der Waals surface area contributed by atoms with E-state index < -0.39 is 97.4 Å². The predicted octanol–water partition coefficient (Wildman–Crippen LogP) is 3.80. The molecular formula is C27H27ClF4N4O7S. The molecule has 1 saturated carbocycles. The Bertz CT molecular complexity index is 1620. The molecule has 0 spiro atoms. The van der Waals surface area contributed by atoms with E-state index in [2.05, 4.69) is 5.32 Å². The molecule has 238 valence electrons. The van der Waals surface area contributed by atoms with Gasteiger partial charge >= 0.3 is 12.3 Å². The number of hydrazine groups is 1. The molecule has 0 aromatic heterocycles. The molecule has 0 radical (unpaired) electrons. The Kier molecular flexibility index (Phi) is 8.65. The molecule has 4 amide bonds. The van der Waals surface area contributed by atoms with Crippen LogP contribution in [0, 0.1) is 11.2 Å². The summed E-state index contributed by atoms with van der Waals surface area (Å²) in [7, 11) is -4.52. The van der Waals surface area contributed by atoms with E-state index in [-0.39, 0.29) is 6.54 Å². The summed E-state index contributed by atoms with van der Waals surface area (Å²) < 4.78 is 87.0. The summed E-state index contributed by atoms with van der Waals surface area (Å²) in [6, 6.07) is 5.53. The Morgan fingerprint density at radius 1 is 1.07 bits per heavy atom. The van der Waals surface area contributed by atoms with Crippen molar-refractivity contribution in [3.05, 3.63) is 58.4 Å². The number of rotatable bonds is 5. The van der Waals surface area contributed by atoms with Crippen molar-refractivity contribution >= 4 is 50.9 Å². The Hall–Kier alpha value is -3.92. The fraction of sp³-hybridized carbons (Fsp3) is 0.407. The third-order valence-corrected chi connectivity index (χ3v) is 8.85. The largest absolute Gasteiger partial charge is 0.444 e. The summed E-state index contributed by atoms with van der Waals surface area (Å²) in [6.45, 7) is 4.31. The standard InChI is InChI=1S/C27H27ClF4N4O7S/c1-25(2,3)43-24(40)33-18-13-44(41,42)20-11-17(29)16(21(37)34-35-23(39)26(8-9-26)27(30,31)32)10-19(20)36(22(18)38)12-14-4-6-15(28)7-5-14/h4-7,10-11,18H,8-9,12-13H2,1-3H3,(H,33,40)(H,34,37)(H,35,39)/t18-/m0/s1. The van der Waals surface area contributed by atoms with Crippen molar-refractivity contribution in [3.8, 4) is 0 Å². The molecule has 0 unspecified atom stereocenters. The summed E-state index contributed by atoms with van der Waals surface area (Å²) in [6.07, 6.45) is -6.97. The Labute approximate surface area is 254 Å². The summed E-state index contributed by atoms with van der Waals surface area (Å²) >= 11 is 5.94. The van der Waals surface area contributed by atoms with E-state index in [1.807, 2.05) is 0 Å². The maximum Gasteiger partial charge on any atom is 0.408 e. The van der Waals surface area contributed by atoms with Crippen molar-refractivity contribution < 1.29 is 49.9 Å². The molecule has 17 heteroatoms. The van der Waals surface area contributed by atoms with Crippen LogP contribution in [0.2, 0.25) is 5.02 Å². The molecule has 2 aliphatic rings. The number of nitrogens with zero attached hydrogens (tertiary/aromatic N) is 1. The van der Waals surface area contributed by atoms with E-state index in [4.69, 9.17) is 16.3 Å². The van der Waals surface area contributed by atoms with Crippen molar-refractivity contribution in [3.63, 3.8) is 0 Å². The highest BCUT2D eigenvalue weighted by Gasteiger charge is 2.68. The summed E-state index contributed by atoms with van der Waals surface area (Å²) in [5.41, 5.74) is -1.23. The highest BCUT2D eigenvalue weighted by atomic mass is 35.5. The summed E-state index contributed by atoms with van der Waals surface area (Å²) in [4.78, 5) is 51.5. The van der Waals surface area contributed by atoms with Crippen LogP contribution in [0.25, 0.3) is 0 Å². The molecule has 2 aromatic rings. The van der Waals surface area contributed by atoms with E-state index in [9.17, 15) is 40.8 Å². The van der Waals surface area contributed by atoms with Gasteiger partial charge in [0.25, 0.3) is 17.7 Å². The highest BCUT2D eigenvalue weighted by Crippen LogP contribution is 2.57. The molecule has 44 heavy (non-hydrogen) atoms. The molecular weight excluding hydrogens is 636 g/mol. The van der Waals surface area contributed by atoms with E-state index in [1.54, 1.807) is 31.6 Å². The van der Waals surface area contributed by atoms with Gasteiger partial charge in [-0.15, -0.1) is 0 Å². The summed E-state index contributed by atoms with van der Waals surface area (Å²) in [5.74, 6) is -6.32. The smallest absolute Gasteiger partial charge is 0.408 e. The molecule has 1 atom stereocenters. The molecule has 1 aliphatic carbocycles. The number of anilines is 1. The van der Waals surface area contributed by atoms with Crippen LogP contribution in [0.1, 0.15) is 49.5 Å². The summed E-state index contributed by atoms with van der Waals surface area (Å²) in [5, 5.41) is 2.58. The van der Waals surface area contributed by atoms with Crippen molar-refractivity contribution in [2.75, 3.05) is 10.7 Å². The van der Waals surface area contributed by atoms with Crippen molar-refractivity contribution in [2.45, 2.75) is 62.9 Å². The topological polar surface area (TPSA) is 151 Å². The monoisotopic (exact) mass is 662 g/mol. The number of ether oxygens (including phenoxy) is 1. The van der Waals surface area contributed by atoms with Crippen molar-refractivity contribution in [1.82, 2.24) is 16.2 Å². The first kappa shape index (κ1) is 33.0. The Morgan fingerprint density at radius 2 is 1.68 bits per heavy atom. The molecule has 1 aliphatic heterocycles. The van der Waals surface area contributed by atoms with Gasteiger partial charge in [0.2, 0.25) is 0 Å². The number of alkyl halides is 3. The first-order valence-corrected chi connectivity index (χ1v) is 15.1. The van der Waals surface area contributed by atoms with Crippen molar-refractivity contribution in [2.24, 2.45) is 5.41 Å². The molecule has 0 bridgehead atoms. The highest BCUT2D eigenvalue weighted by molar-refractivity contribution is 7.91. The molecule has 3 N–H and O–H groups in total. The number of nitrogens with one attached hydrogen (secondary N) is 3. The fourth-order valence-corrected chi connectivity index (χ4v) is 6.16. The number of fused-ring (bicyclic) bond motifs is 1. The van der Waals surface area contributed by atoms with Gasteiger partial charge in [0.15, 0.2) is 9.84 Å². The van der Waals surface area contributed by atoms with Gasteiger partial charge in [-0.1, -0.05) is 23.7 Å². The molecule has 1 heterocycles. The number of hydrogen-bond acceptors (Lipinski definition) is 7. The van der Waals surface area contributed by atoms with Gasteiger partial charge in [0.05, 0.1) is 28.4 Å². The van der Waals surface area contributed by atoms with Gasteiger partial charge in [-0.05, 0) is 63.4 Å². The van der Waals surface area contributed by atoms with Crippen LogP contribution in [0.3, 0.4) is 0 Å². The van der Waals surface area contributed by atoms with Crippen LogP contribution in [-0.4, -0.2) is 55.8 Å². The third kappa shape index (κ3) is 6.90. The van der Waals surface area contributed by atoms with Crippen LogP contribution < -0.4 is 21.1 Å². The third-order valence-electron chi connectivity index (χ3n) is 6.83. The minimum absolute atomic E-state index is 0.331. The minimum Gasteiger partial charge on any atom is -0.444 e. The second-order valence-corrected chi connectivity index (χ2v) is 13.8. The predicted molar refractivity (Wildman–Crippen MR) is 148 cm³/mol. The van der Waals surface area contributed by atoms with Crippen LogP contribution in [-0.2, 0) is 30.7 Å². The first-order chi connectivity index (χ1) is 20.2. The lowest BCUT2D eigenvalue weighted by molar-refractivity contribution is -0.192. The lowest BCUT2D eigenvalue weighted by Gasteiger charge is -2.27. The molecule has 1 fully saturated rings. The van der Waals surface area contributed by atoms with E-state index in [1.165, 1.54) is 24.3 Å². The Balaban J connectivity index is 1.72. The van der Waals surface area contributed by atoms with E-state index in [0.717, 1.165) is 11.0 Å². The number of carbonyl (C=O) groups is 4. The fourth-order valence-electron chi connectivity index (χ4n) is 4.42. The van der Waals surface area contributed by atoms with Gasteiger partial charge in [-0.3, -0.25) is 25.2 Å². The maximum atomic E-state index is 15.2. The van der Waals surface area contributed by atoms with E-state index in [0.29, 0.717) is 16.7 Å². The second-order valence-electron chi connectivity index (χ2n) is 11.3. The zero-order chi connectivity index (χ0) is 32.8. The normalized spacial score (nSPS) is 18.9. The van der Waals surface area contributed by atoms with Gasteiger partial charge in [-0.25, -0.2) is 17.6 Å². The number of benzene rings is 2. The number of sulfone groups is 1. The molecule has 4 rings (SSSR count). The first-order valence-electron chi connectivity index (χ1n) is 13.0. The number of halogens is 5. The van der Waals surface area contributed by atoms with Crippen LogP contribution >= 0.6 is 11.6 Å². The zero-order valence-electron chi connectivity index (χ0n) is 23.5. The average Bonchev–Trinajstić information content (AvgIpc) is 3.72. The number of carbonyl (C=O) groups excluding carboxylic acids is 4. The maximum absolute atomic E-state index is 15.2. The Morgan fingerprint density at radius 3 is 2.23 bits per heavy atom. The number of hydrogen-bond donors (Lipinski definition) is 3. The number of amides is 4. The minimum atomic E-state index is -4.88. The molecule has 2 aromatic carbocycles. The van der Waals surface area contributed by atoms with Crippen molar-refractivity contribution in [1.29, 1.82) is 0 Å². The van der Waals surface area contributed by atoms with Crippen LogP contribution in [0.5, 0.6) is 0 Å². The lowest BCUT2D eigenvalue weighted by atomic mass is 10.1. The van der Waals surface area contributed by atoms with Crippen LogP contribution in [0.15, 0.2) is 41.3 Å². The molecule has 0 saturated heterocycles. The van der Waals surface area contributed by atoms with Gasteiger partial charge in [0.1, 0.15) is 22.9 Å². The molecule has 11 nitrogen and oxygen atoms in total. The second kappa shape index (κ2) is 11.5. The van der Waals surface area contributed by atoms with Gasteiger partial charge in [0, 0.05) is 5.02 Å². The van der Waals surface area contributed by atoms with E-state index >= 15 is 4.39 Å². The quantitative estimate of drug-likeness (QED) is 0.326. The SMILES string of the molecule is CC(C)(C)OC(=O)N[C@H]1CS(=O)(=O)c2cc(F)c(C(=O)NNC(=O)C3(C(F)(F)F)CC3)cc2N(Cc2ccc(Cl)cc2)C1=O. The van der Waals surface area contributed by atoms with Crippen LogP contribution in [0.4, 0.5) is 28.0 Å². The zero-order valence-corrected chi connectivity index (χ0v) is 25.0. The lowest BCUT2D eigenvalue weighted by Crippen LogP contribution is -2.51. The average molecular weight is 663 g/mol. The number of alkyl carbamates (subject to hydrolysis) is 1. The van der Waals surface area contributed by atoms with Gasteiger partial charge in [-0.2, -0.15) is 13.2 Å². The van der Waals surface area contributed by atoms with Gasteiger partial charge < -0.3 is 15.0 Å².